The molecule has 0 fully saturated rings. The molecular formula is C21H23N3O5. The van der Waals surface area contributed by atoms with Gasteiger partial charge in [0, 0.05) is 12.1 Å². The first kappa shape index (κ1) is 20.2. The first-order chi connectivity index (χ1) is 13.7. The average molecular weight is 397 g/mol. The van der Waals surface area contributed by atoms with Gasteiger partial charge in [-0.2, -0.15) is 0 Å². The summed E-state index contributed by atoms with van der Waals surface area (Å²) in [5.74, 6) is -0.984. The first-order valence-corrected chi connectivity index (χ1v) is 9.17. The van der Waals surface area contributed by atoms with Crippen molar-refractivity contribution < 1.29 is 18.7 Å². The summed E-state index contributed by atoms with van der Waals surface area (Å²) in [7, 11) is 0. The fraction of sp³-hybridized carbons (Fsp3) is 0.286. The van der Waals surface area contributed by atoms with Crippen molar-refractivity contribution in [1.29, 1.82) is 0 Å². The number of benzene rings is 2. The topological polar surface area (TPSA) is 113 Å². The summed E-state index contributed by atoms with van der Waals surface area (Å²) >= 11 is 0. The number of ether oxygens (including phenoxy) is 1. The number of carbonyl (C=O) groups excluding carboxylic acids is 2. The third-order valence-electron chi connectivity index (χ3n) is 3.98. The van der Waals surface area contributed by atoms with Crippen molar-refractivity contribution >= 4 is 28.8 Å². The zero-order valence-corrected chi connectivity index (χ0v) is 16.4. The standard InChI is InChI=1S/C21H23N3O5/c1-21(2,3)29-20(27)24-16(11-13-7-5-4-6-8-13)18(25)22-14-9-10-17-15(12-14)23-19(26)28-17/h4-10,12,16H,11H2,1-3H3,(H,22,25)(H,23,26)(H,24,27). The number of alkyl carbamates (subject to hydrolysis) is 1. The zero-order valence-electron chi connectivity index (χ0n) is 16.4. The molecule has 2 aromatic carbocycles. The van der Waals surface area contributed by atoms with Crippen molar-refractivity contribution in [3.63, 3.8) is 0 Å². The Bertz CT molecular complexity index is 1060. The minimum absolute atomic E-state index is 0.288. The van der Waals surface area contributed by atoms with Crippen LogP contribution in [0.5, 0.6) is 0 Å². The lowest BCUT2D eigenvalue weighted by molar-refractivity contribution is -0.118. The highest BCUT2D eigenvalue weighted by Crippen LogP contribution is 2.17. The maximum atomic E-state index is 12.9. The molecule has 1 aromatic heterocycles. The van der Waals surface area contributed by atoms with Gasteiger partial charge < -0.3 is 19.8 Å². The molecule has 0 spiro atoms. The second-order valence-corrected chi connectivity index (χ2v) is 7.60. The molecule has 0 aliphatic rings. The third-order valence-corrected chi connectivity index (χ3v) is 3.98. The monoisotopic (exact) mass is 397 g/mol. The van der Waals surface area contributed by atoms with Crippen LogP contribution in [0.25, 0.3) is 11.1 Å². The molecule has 0 aliphatic carbocycles. The van der Waals surface area contributed by atoms with E-state index < -0.39 is 29.4 Å². The first-order valence-electron chi connectivity index (χ1n) is 9.17. The third kappa shape index (κ3) is 5.71. The number of H-pyrrole nitrogens is 1. The number of aromatic nitrogens is 1. The van der Waals surface area contributed by atoms with E-state index in [0.29, 0.717) is 16.8 Å². The van der Waals surface area contributed by atoms with Gasteiger partial charge in [-0.3, -0.25) is 9.78 Å². The Morgan fingerprint density at radius 3 is 2.55 bits per heavy atom. The molecule has 8 nitrogen and oxygen atoms in total. The van der Waals surface area contributed by atoms with Crippen LogP contribution in [0, 0.1) is 0 Å². The van der Waals surface area contributed by atoms with Crippen LogP contribution < -0.4 is 16.4 Å². The van der Waals surface area contributed by atoms with Crippen LogP contribution in [0.4, 0.5) is 10.5 Å². The summed E-state index contributed by atoms with van der Waals surface area (Å²) in [6.07, 6.45) is -0.389. The Labute approximate surface area is 167 Å². The Morgan fingerprint density at radius 2 is 1.86 bits per heavy atom. The highest BCUT2D eigenvalue weighted by Gasteiger charge is 2.25. The summed E-state index contributed by atoms with van der Waals surface area (Å²) in [6.45, 7) is 5.25. The molecule has 3 N–H and O–H groups in total. The van der Waals surface area contributed by atoms with E-state index in [0.717, 1.165) is 5.56 Å². The summed E-state index contributed by atoms with van der Waals surface area (Å²) in [4.78, 5) is 38.9. The van der Waals surface area contributed by atoms with Gasteiger partial charge in [0.15, 0.2) is 5.58 Å². The molecule has 0 bridgehead atoms. The second-order valence-electron chi connectivity index (χ2n) is 7.60. The second kappa shape index (κ2) is 8.22. The smallest absolute Gasteiger partial charge is 0.417 e. The van der Waals surface area contributed by atoms with Gasteiger partial charge in [0.1, 0.15) is 11.6 Å². The summed E-state index contributed by atoms with van der Waals surface area (Å²) in [5, 5.41) is 5.39. The molecule has 152 valence electrons. The Morgan fingerprint density at radius 1 is 1.14 bits per heavy atom. The van der Waals surface area contributed by atoms with Crippen LogP contribution in [0.3, 0.4) is 0 Å². The van der Waals surface area contributed by atoms with Gasteiger partial charge in [0.05, 0.1) is 5.52 Å². The minimum Gasteiger partial charge on any atom is -0.444 e. The number of rotatable bonds is 5. The van der Waals surface area contributed by atoms with E-state index >= 15 is 0 Å². The fourth-order valence-corrected chi connectivity index (χ4v) is 2.77. The van der Waals surface area contributed by atoms with E-state index in [1.165, 1.54) is 0 Å². The maximum Gasteiger partial charge on any atom is 0.417 e. The van der Waals surface area contributed by atoms with Crippen molar-refractivity contribution in [3.05, 3.63) is 64.6 Å². The van der Waals surface area contributed by atoms with Crippen LogP contribution in [0.15, 0.2) is 57.7 Å². The molecule has 29 heavy (non-hydrogen) atoms. The van der Waals surface area contributed by atoms with E-state index in [9.17, 15) is 14.4 Å². The van der Waals surface area contributed by atoms with Crippen molar-refractivity contribution in [2.45, 2.75) is 38.8 Å². The van der Waals surface area contributed by atoms with Gasteiger partial charge in [-0.1, -0.05) is 30.3 Å². The zero-order chi connectivity index (χ0) is 21.0. The number of hydrogen-bond donors (Lipinski definition) is 3. The minimum atomic E-state index is -0.855. The largest absolute Gasteiger partial charge is 0.444 e. The van der Waals surface area contributed by atoms with E-state index in [-0.39, 0.29) is 6.42 Å². The molecule has 0 radical (unpaired) electrons. The van der Waals surface area contributed by atoms with Crippen molar-refractivity contribution in [1.82, 2.24) is 10.3 Å². The number of amides is 2. The van der Waals surface area contributed by atoms with Gasteiger partial charge in [-0.15, -0.1) is 0 Å². The molecule has 8 heteroatoms. The Hall–Kier alpha value is -3.55. The highest BCUT2D eigenvalue weighted by atomic mass is 16.6. The van der Waals surface area contributed by atoms with Gasteiger partial charge in [0.25, 0.3) is 0 Å². The predicted octanol–water partition coefficient (Wildman–Crippen LogP) is 3.20. The Kier molecular flexibility index (Phi) is 5.72. The Balaban J connectivity index is 1.77. The van der Waals surface area contributed by atoms with Crippen molar-refractivity contribution in [2.24, 2.45) is 0 Å². The van der Waals surface area contributed by atoms with E-state index in [1.54, 1.807) is 39.0 Å². The van der Waals surface area contributed by atoms with Gasteiger partial charge >= 0.3 is 11.8 Å². The van der Waals surface area contributed by atoms with Crippen LogP contribution in [0.2, 0.25) is 0 Å². The van der Waals surface area contributed by atoms with Crippen LogP contribution in [-0.4, -0.2) is 28.6 Å². The molecule has 0 saturated carbocycles. The number of oxazole rings is 1. The van der Waals surface area contributed by atoms with E-state index in [4.69, 9.17) is 9.15 Å². The molecule has 1 atom stereocenters. The summed E-state index contributed by atoms with van der Waals surface area (Å²) in [5.41, 5.74) is 1.52. The van der Waals surface area contributed by atoms with E-state index in [1.807, 2.05) is 30.3 Å². The number of carbonyl (C=O) groups is 2. The number of anilines is 1. The predicted molar refractivity (Wildman–Crippen MR) is 109 cm³/mol. The molecule has 0 aliphatic heterocycles. The van der Waals surface area contributed by atoms with Gasteiger partial charge in [-0.25, -0.2) is 9.59 Å². The molecule has 1 unspecified atom stereocenters. The van der Waals surface area contributed by atoms with Crippen LogP contribution in [0.1, 0.15) is 26.3 Å². The normalized spacial score (nSPS) is 12.4. The van der Waals surface area contributed by atoms with Gasteiger partial charge in [0.2, 0.25) is 5.91 Å². The quantitative estimate of drug-likeness (QED) is 0.612. The maximum absolute atomic E-state index is 12.9. The number of hydrogen-bond acceptors (Lipinski definition) is 5. The molecular weight excluding hydrogens is 374 g/mol. The molecule has 3 rings (SSSR count). The number of fused-ring (bicyclic) bond motifs is 1. The lowest BCUT2D eigenvalue weighted by Crippen LogP contribution is -2.47. The summed E-state index contributed by atoms with van der Waals surface area (Å²) in [6, 6.07) is 13.3. The molecule has 2 amide bonds. The average Bonchev–Trinajstić information content (AvgIpc) is 2.99. The van der Waals surface area contributed by atoms with Gasteiger partial charge in [-0.05, 0) is 44.5 Å². The lowest BCUT2D eigenvalue weighted by Gasteiger charge is -2.23. The molecule has 0 saturated heterocycles. The molecule has 3 aromatic rings. The van der Waals surface area contributed by atoms with Crippen molar-refractivity contribution in [3.8, 4) is 0 Å². The summed E-state index contributed by atoms with van der Waals surface area (Å²) < 4.78 is 10.2. The lowest BCUT2D eigenvalue weighted by atomic mass is 10.1. The SMILES string of the molecule is CC(C)(C)OC(=O)NC(Cc1ccccc1)C(=O)Nc1ccc2oc(=O)[nH]c2c1. The van der Waals surface area contributed by atoms with Crippen LogP contribution in [-0.2, 0) is 16.0 Å². The number of nitrogens with one attached hydrogen (secondary N) is 3. The molecule has 1 heterocycles. The van der Waals surface area contributed by atoms with Crippen LogP contribution >= 0.6 is 0 Å². The number of aromatic amines is 1. The van der Waals surface area contributed by atoms with Crippen molar-refractivity contribution in [2.75, 3.05) is 5.32 Å². The highest BCUT2D eigenvalue weighted by molar-refractivity contribution is 5.98. The fourth-order valence-electron chi connectivity index (χ4n) is 2.77. The van der Waals surface area contributed by atoms with E-state index in [2.05, 4.69) is 15.6 Å².